The normalized spacial score (nSPS) is 17.2. The third kappa shape index (κ3) is 8.84. The summed E-state index contributed by atoms with van der Waals surface area (Å²) in [6.45, 7) is 8.03. The number of carbonyl (C=O) groups is 3. The fourth-order valence-corrected chi connectivity index (χ4v) is 4.74. The topological polar surface area (TPSA) is 114 Å². The summed E-state index contributed by atoms with van der Waals surface area (Å²) in [7, 11) is 1.59. The summed E-state index contributed by atoms with van der Waals surface area (Å²) in [5, 5.41) is 1.32. The summed E-state index contributed by atoms with van der Waals surface area (Å²) < 4.78 is 10.7. The molecule has 3 atom stereocenters. The van der Waals surface area contributed by atoms with Crippen LogP contribution < -0.4 is 15.9 Å². The largest absolute Gasteiger partial charge is 0.497 e. The number of hydrogen-bond donors (Lipinski definition) is 2. The van der Waals surface area contributed by atoms with Crippen molar-refractivity contribution in [2.75, 3.05) is 20.3 Å². The molecule has 3 rings (SSSR count). The van der Waals surface area contributed by atoms with Crippen molar-refractivity contribution >= 4 is 17.9 Å². The molecule has 0 bridgehead atoms. The van der Waals surface area contributed by atoms with Gasteiger partial charge in [-0.25, -0.2) is 9.80 Å². The van der Waals surface area contributed by atoms with Gasteiger partial charge in [-0.1, -0.05) is 61.0 Å². The number of nitrogens with one attached hydrogen (secondary N) is 1. The van der Waals surface area contributed by atoms with Gasteiger partial charge >= 0.3 is 12.0 Å². The molecule has 9 heteroatoms. The van der Waals surface area contributed by atoms with Crippen LogP contribution in [0.2, 0.25) is 0 Å². The van der Waals surface area contributed by atoms with Gasteiger partial charge in [0.25, 0.3) is 5.91 Å². The molecule has 216 valence electrons. The molecular weight excluding hydrogens is 508 g/mol. The van der Waals surface area contributed by atoms with Crippen molar-refractivity contribution in [3.8, 4) is 5.75 Å². The zero-order valence-electron chi connectivity index (χ0n) is 24.2. The van der Waals surface area contributed by atoms with E-state index in [0.29, 0.717) is 18.7 Å². The Labute approximate surface area is 237 Å². The highest BCUT2D eigenvalue weighted by Gasteiger charge is 2.33. The summed E-state index contributed by atoms with van der Waals surface area (Å²) in [6, 6.07) is 14.3. The predicted molar refractivity (Wildman–Crippen MR) is 154 cm³/mol. The van der Waals surface area contributed by atoms with Gasteiger partial charge in [0.1, 0.15) is 12.4 Å². The Kier molecular flexibility index (Phi) is 10.7. The number of rotatable bonds is 10. The molecule has 0 radical (unpaired) electrons. The summed E-state index contributed by atoms with van der Waals surface area (Å²) in [4.78, 5) is 39.7. The lowest BCUT2D eigenvalue weighted by atomic mass is 9.83. The lowest BCUT2D eigenvalue weighted by Crippen LogP contribution is -2.55. The van der Waals surface area contributed by atoms with E-state index in [-0.39, 0.29) is 31.2 Å². The third-order valence-corrected chi connectivity index (χ3v) is 6.95. The molecule has 3 amide bonds. The van der Waals surface area contributed by atoms with Gasteiger partial charge in [-0.15, -0.1) is 0 Å². The van der Waals surface area contributed by atoms with Crippen LogP contribution in [0.4, 0.5) is 4.79 Å². The van der Waals surface area contributed by atoms with Crippen LogP contribution in [0, 0.1) is 12.3 Å². The number of hydrogen-bond acceptors (Lipinski definition) is 6. The lowest BCUT2D eigenvalue weighted by Gasteiger charge is -2.32. The molecule has 3 N–H and O–H groups in total. The smallest absolute Gasteiger partial charge is 0.339 e. The molecular formula is C31H42N4O5. The molecule has 1 aliphatic heterocycles. The molecule has 1 aliphatic rings. The van der Waals surface area contributed by atoms with Crippen molar-refractivity contribution in [1.82, 2.24) is 15.3 Å². The minimum atomic E-state index is -0.774. The maximum Gasteiger partial charge on any atom is 0.339 e. The zero-order valence-corrected chi connectivity index (χ0v) is 24.2. The van der Waals surface area contributed by atoms with Gasteiger partial charge < -0.3 is 20.1 Å². The SMILES string of the molecule is COc1ccc(CN(NC(=O)C(C)N)C(=O)N2CCCC2/C=C/[C@](C)(COC(C)=O)Cc2cccc(C)c2)cc1. The zero-order chi connectivity index (χ0) is 29.3. The van der Waals surface area contributed by atoms with Gasteiger partial charge in [0.2, 0.25) is 0 Å². The number of aryl methyl sites for hydroxylation is 1. The summed E-state index contributed by atoms with van der Waals surface area (Å²) >= 11 is 0. The molecule has 0 spiro atoms. The van der Waals surface area contributed by atoms with Crippen molar-refractivity contribution < 1.29 is 23.9 Å². The average molecular weight is 551 g/mol. The molecule has 2 unspecified atom stereocenters. The number of nitrogens with zero attached hydrogens (tertiary/aromatic N) is 2. The quantitative estimate of drug-likeness (QED) is 0.261. The molecule has 1 saturated heterocycles. The fourth-order valence-electron chi connectivity index (χ4n) is 4.74. The van der Waals surface area contributed by atoms with Gasteiger partial charge in [-0.2, -0.15) is 0 Å². The first-order valence-corrected chi connectivity index (χ1v) is 13.6. The molecule has 1 fully saturated rings. The number of esters is 1. The number of likely N-dealkylation sites (tertiary alicyclic amines) is 1. The van der Waals surface area contributed by atoms with Crippen molar-refractivity contribution in [2.45, 2.75) is 65.6 Å². The number of ether oxygens (including phenoxy) is 2. The van der Waals surface area contributed by atoms with Crippen molar-refractivity contribution in [1.29, 1.82) is 0 Å². The molecule has 2 aromatic carbocycles. The Morgan fingerprint density at radius 3 is 2.55 bits per heavy atom. The van der Waals surface area contributed by atoms with E-state index in [0.717, 1.165) is 29.5 Å². The first-order chi connectivity index (χ1) is 19.0. The first kappa shape index (κ1) is 30.7. The lowest BCUT2D eigenvalue weighted by molar-refractivity contribution is -0.143. The molecule has 9 nitrogen and oxygen atoms in total. The van der Waals surface area contributed by atoms with Gasteiger partial charge in [0.15, 0.2) is 0 Å². The Morgan fingerprint density at radius 2 is 1.93 bits per heavy atom. The van der Waals surface area contributed by atoms with E-state index in [9.17, 15) is 14.4 Å². The second-order valence-electron chi connectivity index (χ2n) is 10.8. The Hall–Kier alpha value is -3.85. The van der Waals surface area contributed by atoms with Gasteiger partial charge in [0, 0.05) is 18.9 Å². The number of methoxy groups -OCH3 is 1. The number of hydrazine groups is 1. The van der Waals surface area contributed by atoms with E-state index in [1.54, 1.807) is 18.9 Å². The fraction of sp³-hybridized carbons (Fsp3) is 0.452. The van der Waals surface area contributed by atoms with Crippen LogP contribution >= 0.6 is 0 Å². The summed E-state index contributed by atoms with van der Waals surface area (Å²) in [6.07, 6.45) is 6.38. The predicted octanol–water partition coefficient (Wildman–Crippen LogP) is 4.14. The minimum Gasteiger partial charge on any atom is -0.497 e. The second kappa shape index (κ2) is 14.0. The molecule has 0 saturated carbocycles. The van der Waals surface area contributed by atoms with E-state index < -0.39 is 17.4 Å². The number of carbonyl (C=O) groups excluding carboxylic acids is 3. The van der Waals surface area contributed by atoms with E-state index in [1.165, 1.54) is 11.9 Å². The second-order valence-corrected chi connectivity index (χ2v) is 10.8. The monoisotopic (exact) mass is 550 g/mol. The van der Waals surface area contributed by atoms with Crippen molar-refractivity contribution in [2.24, 2.45) is 11.1 Å². The molecule has 1 heterocycles. The van der Waals surface area contributed by atoms with Crippen LogP contribution in [-0.2, 0) is 27.3 Å². The third-order valence-electron chi connectivity index (χ3n) is 6.95. The van der Waals surface area contributed by atoms with Crippen LogP contribution in [-0.4, -0.2) is 60.2 Å². The number of amides is 3. The Balaban J connectivity index is 1.82. The van der Waals surface area contributed by atoms with Crippen LogP contribution in [0.3, 0.4) is 0 Å². The van der Waals surface area contributed by atoms with Crippen molar-refractivity contribution in [3.05, 3.63) is 77.4 Å². The van der Waals surface area contributed by atoms with Crippen LogP contribution in [0.5, 0.6) is 5.75 Å². The molecule has 0 aliphatic carbocycles. The maximum atomic E-state index is 13.8. The summed E-state index contributed by atoms with van der Waals surface area (Å²) in [5.74, 6) is -0.0747. The van der Waals surface area contributed by atoms with Crippen LogP contribution in [0.15, 0.2) is 60.7 Å². The highest BCUT2D eigenvalue weighted by atomic mass is 16.5. The van der Waals surface area contributed by atoms with Crippen LogP contribution in [0.1, 0.15) is 50.3 Å². The average Bonchev–Trinajstić information content (AvgIpc) is 3.39. The Bertz CT molecular complexity index is 1200. The van der Waals surface area contributed by atoms with E-state index in [2.05, 4.69) is 30.6 Å². The number of nitrogens with two attached hydrogens (primary N) is 1. The highest BCUT2D eigenvalue weighted by Crippen LogP contribution is 2.28. The standard InChI is InChI=1S/C31H42N4O5/c1-22-8-6-9-26(18-22)19-31(4,21-40-24(3)36)16-15-27-10-7-17-34(27)30(38)35(33-29(37)23(2)32)20-25-11-13-28(39-5)14-12-25/h6,8-9,11-16,18,23,27H,7,10,17,19-21,32H2,1-5H3,(H,33,37)/b16-15+/t23?,27?,31-/m0/s1. The molecule has 0 aromatic heterocycles. The minimum absolute atomic E-state index is 0.172. The van der Waals surface area contributed by atoms with Crippen LogP contribution in [0.25, 0.3) is 0 Å². The van der Waals surface area contributed by atoms with Crippen molar-refractivity contribution in [3.63, 3.8) is 0 Å². The van der Waals surface area contributed by atoms with E-state index >= 15 is 0 Å². The molecule has 40 heavy (non-hydrogen) atoms. The number of benzene rings is 2. The Morgan fingerprint density at radius 1 is 1.20 bits per heavy atom. The van der Waals surface area contributed by atoms with Gasteiger partial charge in [0.05, 0.1) is 25.7 Å². The highest BCUT2D eigenvalue weighted by molar-refractivity contribution is 5.84. The maximum absolute atomic E-state index is 13.8. The van der Waals surface area contributed by atoms with E-state index in [1.807, 2.05) is 49.4 Å². The number of urea groups is 1. The van der Waals surface area contributed by atoms with E-state index in [4.69, 9.17) is 15.2 Å². The first-order valence-electron chi connectivity index (χ1n) is 13.6. The van der Waals surface area contributed by atoms with Gasteiger partial charge in [-0.05, 0) is 56.4 Å². The summed E-state index contributed by atoms with van der Waals surface area (Å²) in [5.41, 5.74) is 11.2. The molecule has 2 aromatic rings. The van der Waals surface area contributed by atoms with Gasteiger partial charge in [-0.3, -0.25) is 15.0 Å².